The molecule has 0 aliphatic heterocycles. The minimum absolute atomic E-state index is 0.569. The molecule has 0 atom stereocenters. The standard InChI is InChI=1S/C16H17Cl2NO/c1-2-10-19-11-12-6-5-8-14(18)16(12)20-15-9-4-3-7-13(15)17/h3-9,19H,2,10-11H2,1H3. The first-order valence-corrected chi connectivity index (χ1v) is 7.38. The van der Waals surface area contributed by atoms with Crippen molar-refractivity contribution in [2.24, 2.45) is 0 Å². The van der Waals surface area contributed by atoms with Gasteiger partial charge in [-0.25, -0.2) is 0 Å². The van der Waals surface area contributed by atoms with Gasteiger partial charge < -0.3 is 10.1 Å². The molecule has 0 heterocycles. The Morgan fingerprint density at radius 3 is 2.50 bits per heavy atom. The van der Waals surface area contributed by atoms with Crippen LogP contribution in [0, 0.1) is 0 Å². The number of ether oxygens (including phenoxy) is 1. The van der Waals surface area contributed by atoms with Gasteiger partial charge in [0, 0.05) is 12.1 Å². The maximum atomic E-state index is 6.25. The number of rotatable bonds is 6. The summed E-state index contributed by atoms with van der Waals surface area (Å²) in [6.07, 6.45) is 1.08. The van der Waals surface area contributed by atoms with E-state index in [0.29, 0.717) is 28.1 Å². The highest BCUT2D eigenvalue weighted by Crippen LogP contribution is 2.35. The fourth-order valence-electron chi connectivity index (χ4n) is 1.84. The van der Waals surface area contributed by atoms with Gasteiger partial charge in [-0.05, 0) is 31.2 Å². The summed E-state index contributed by atoms with van der Waals surface area (Å²) >= 11 is 12.4. The molecule has 2 rings (SSSR count). The van der Waals surface area contributed by atoms with Crippen molar-refractivity contribution in [3.8, 4) is 11.5 Å². The van der Waals surface area contributed by atoms with Crippen molar-refractivity contribution in [3.05, 3.63) is 58.1 Å². The molecule has 0 aliphatic carbocycles. The largest absolute Gasteiger partial charge is 0.454 e. The number of hydrogen-bond donors (Lipinski definition) is 1. The van der Waals surface area contributed by atoms with E-state index in [1.807, 2.05) is 36.4 Å². The summed E-state index contributed by atoms with van der Waals surface area (Å²) in [5.41, 5.74) is 1.02. The molecule has 0 spiro atoms. The highest BCUT2D eigenvalue weighted by molar-refractivity contribution is 6.33. The van der Waals surface area contributed by atoms with Crippen LogP contribution in [0.5, 0.6) is 11.5 Å². The molecule has 0 aromatic heterocycles. The second kappa shape index (κ2) is 7.53. The topological polar surface area (TPSA) is 21.3 Å². The van der Waals surface area contributed by atoms with Gasteiger partial charge in [0.2, 0.25) is 0 Å². The molecular formula is C16H17Cl2NO. The van der Waals surface area contributed by atoms with Gasteiger partial charge in [0.05, 0.1) is 10.0 Å². The second-order valence-corrected chi connectivity index (χ2v) is 5.25. The number of hydrogen-bond acceptors (Lipinski definition) is 2. The second-order valence-electron chi connectivity index (χ2n) is 4.44. The molecule has 0 saturated heterocycles. The third-order valence-electron chi connectivity index (χ3n) is 2.84. The molecule has 0 radical (unpaired) electrons. The van der Waals surface area contributed by atoms with Gasteiger partial charge in [-0.15, -0.1) is 0 Å². The molecule has 2 nitrogen and oxygen atoms in total. The third-order valence-corrected chi connectivity index (χ3v) is 3.45. The minimum atomic E-state index is 0.569. The van der Waals surface area contributed by atoms with Gasteiger partial charge in [-0.3, -0.25) is 0 Å². The zero-order chi connectivity index (χ0) is 14.4. The van der Waals surface area contributed by atoms with Crippen LogP contribution in [0.1, 0.15) is 18.9 Å². The van der Waals surface area contributed by atoms with Crippen molar-refractivity contribution < 1.29 is 4.74 Å². The van der Waals surface area contributed by atoms with Crippen molar-refractivity contribution in [2.75, 3.05) is 6.54 Å². The average molecular weight is 310 g/mol. The molecule has 0 saturated carbocycles. The molecule has 0 bridgehead atoms. The molecule has 0 amide bonds. The molecule has 0 fully saturated rings. The average Bonchev–Trinajstić information content (AvgIpc) is 2.44. The van der Waals surface area contributed by atoms with Crippen LogP contribution in [-0.4, -0.2) is 6.54 Å². The van der Waals surface area contributed by atoms with E-state index in [2.05, 4.69) is 12.2 Å². The maximum absolute atomic E-state index is 6.25. The first-order valence-electron chi connectivity index (χ1n) is 6.63. The van der Waals surface area contributed by atoms with Crippen LogP contribution in [0.4, 0.5) is 0 Å². The summed E-state index contributed by atoms with van der Waals surface area (Å²) in [5, 5.41) is 4.50. The Morgan fingerprint density at radius 2 is 1.75 bits per heavy atom. The highest BCUT2D eigenvalue weighted by atomic mass is 35.5. The quantitative estimate of drug-likeness (QED) is 0.732. The monoisotopic (exact) mass is 309 g/mol. The molecule has 4 heteroatoms. The van der Waals surface area contributed by atoms with Crippen molar-refractivity contribution in [2.45, 2.75) is 19.9 Å². The summed E-state index contributed by atoms with van der Waals surface area (Å²) in [6.45, 7) is 3.80. The van der Waals surface area contributed by atoms with E-state index in [1.165, 1.54) is 0 Å². The fourth-order valence-corrected chi connectivity index (χ4v) is 2.25. The van der Waals surface area contributed by atoms with E-state index in [4.69, 9.17) is 27.9 Å². The lowest BCUT2D eigenvalue weighted by Gasteiger charge is -2.14. The smallest absolute Gasteiger partial charge is 0.150 e. The van der Waals surface area contributed by atoms with Gasteiger partial charge in [0.25, 0.3) is 0 Å². The Bertz CT molecular complexity index is 572. The number of nitrogens with one attached hydrogen (secondary N) is 1. The molecule has 106 valence electrons. The van der Waals surface area contributed by atoms with Crippen molar-refractivity contribution in [1.82, 2.24) is 5.32 Å². The van der Waals surface area contributed by atoms with E-state index < -0.39 is 0 Å². The zero-order valence-corrected chi connectivity index (χ0v) is 12.8. The van der Waals surface area contributed by atoms with Gasteiger partial charge in [0.15, 0.2) is 5.75 Å². The SMILES string of the molecule is CCCNCc1cccc(Cl)c1Oc1ccccc1Cl. The van der Waals surface area contributed by atoms with E-state index in [0.717, 1.165) is 18.5 Å². The Kier molecular flexibility index (Phi) is 5.72. The molecule has 0 unspecified atom stereocenters. The molecule has 2 aromatic rings. The Morgan fingerprint density at radius 1 is 1.00 bits per heavy atom. The van der Waals surface area contributed by atoms with Gasteiger partial charge in [-0.2, -0.15) is 0 Å². The van der Waals surface area contributed by atoms with Crippen LogP contribution in [0.2, 0.25) is 10.0 Å². The summed E-state index contributed by atoms with van der Waals surface area (Å²) in [5.74, 6) is 1.27. The number of para-hydroxylation sites is 2. The predicted octanol–water partition coefficient (Wildman–Crippen LogP) is 5.29. The van der Waals surface area contributed by atoms with E-state index >= 15 is 0 Å². The lowest BCUT2D eigenvalue weighted by molar-refractivity contribution is 0.473. The fraction of sp³-hybridized carbons (Fsp3) is 0.250. The van der Waals surface area contributed by atoms with E-state index in [9.17, 15) is 0 Å². The highest BCUT2D eigenvalue weighted by Gasteiger charge is 2.11. The first kappa shape index (κ1) is 15.2. The number of benzene rings is 2. The zero-order valence-electron chi connectivity index (χ0n) is 11.3. The van der Waals surface area contributed by atoms with Crippen LogP contribution in [-0.2, 0) is 6.54 Å². The van der Waals surface area contributed by atoms with Crippen LogP contribution in [0.25, 0.3) is 0 Å². The predicted molar refractivity (Wildman–Crippen MR) is 85.0 cm³/mol. The lowest BCUT2D eigenvalue weighted by atomic mass is 10.2. The van der Waals surface area contributed by atoms with Crippen LogP contribution < -0.4 is 10.1 Å². The minimum Gasteiger partial charge on any atom is -0.454 e. The van der Waals surface area contributed by atoms with E-state index in [1.54, 1.807) is 6.07 Å². The van der Waals surface area contributed by atoms with Crippen LogP contribution >= 0.6 is 23.2 Å². The van der Waals surface area contributed by atoms with Gasteiger partial charge in [0.1, 0.15) is 5.75 Å². The van der Waals surface area contributed by atoms with Gasteiger partial charge in [-0.1, -0.05) is 54.4 Å². The summed E-state index contributed by atoms with van der Waals surface area (Å²) < 4.78 is 5.90. The van der Waals surface area contributed by atoms with Crippen molar-refractivity contribution in [1.29, 1.82) is 0 Å². The molecular weight excluding hydrogens is 293 g/mol. The summed E-state index contributed by atoms with van der Waals surface area (Å²) in [7, 11) is 0. The van der Waals surface area contributed by atoms with Crippen LogP contribution in [0.15, 0.2) is 42.5 Å². The summed E-state index contributed by atoms with van der Waals surface area (Å²) in [4.78, 5) is 0. The molecule has 0 aliphatic rings. The van der Waals surface area contributed by atoms with Crippen LogP contribution in [0.3, 0.4) is 0 Å². The Balaban J connectivity index is 2.23. The number of halogens is 2. The Hall–Kier alpha value is -1.22. The van der Waals surface area contributed by atoms with Crippen molar-refractivity contribution >= 4 is 23.2 Å². The van der Waals surface area contributed by atoms with Crippen molar-refractivity contribution in [3.63, 3.8) is 0 Å². The normalized spacial score (nSPS) is 10.6. The third kappa shape index (κ3) is 3.89. The molecule has 20 heavy (non-hydrogen) atoms. The Labute approximate surface area is 129 Å². The first-order chi connectivity index (χ1) is 9.72. The lowest BCUT2D eigenvalue weighted by Crippen LogP contribution is -2.14. The molecule has 2 aromatic carbocycles. The maximum Gasteiger partial charge on any atom is 0.150 e. The molecule has 1 N–H and O–H groups in total. The van der Waals surface area contributed by atoms with E-state index in [-0.39, 0.29) is 0 Å². The summed E-state index contributed by atoms with van der Waals surface area (Å²) in [6, 6.07) is 13.1. The van der Waals surface area contributed by atoms with Gasteiger partial charge >= 0.3 is 0 Å².